The zero-order valence-electron chi connectivity index (χ0n) is 6.74. The van der Waals surface area contributed by atoms with Gasteiger partial charge in [0.2, 0.25) is 0 Å². The highest BCUT2D eigenvalue weighted by atomic mass is 35.5. The lowest BCUT2D eigenvalue weighted by Crippen LogP contribution is -1.99. The fourth-order valence-corrected chi connectivity index (χ4v) is 0.837. The molecule has 10 heavy (non-hydrogen) atoms. The van der Waals surface area contributed by atoms with Crippen LogP contribution in [0.3, 0.4) is 0 Å². The molecule has 0 saturated heterocycles. The zero-order valence-corrected chi connectivity index (χ0v) is 7.50. The van der Waals surface area contributed by atoms with Gasteiger partial charge in [-0.25, -0.2) is 0 Å². The van der Waals surface area contributed by atoms with E-state index in [1.54, 1.807) is 6.92 Å². The summed E-state index contributed by atoms with van der Waals surface area (Å²) in [4.78, 5) is 0. The van der Waals surface area contributed by atoms with Gasteiger partial charge >= 0.3 is 0 Å². The van der Waals surface area contributed by atoms with Crippen LogP contribution in [0.25, 0.3) is 0 Å². The second-order valence-electron chi connectivity index (χ2n) is 2.24. The van der Waals surface area contributed by atoms with Crippen molar-refractivity contribution in [3.63, 3.8) is 0 Å². The van der Waals surface area contributed by atoms with Gasteiger partial charge in [0, 0.05) is 10.7 Å². The Labute approximate surface area is 67.6 Å². The van der Waals surface area contributed by atoms with Crippen LogP contribution >= 0.6 is 11.6 Å². The third kappa shape index (κ3) is 2.92. The second kappa shape index (κ2) is 4.40. The maximum Gasteiger partial charge on any atom is 0.0485 e. The van der Waals surface area contributed by atoms with Crippen molar-refractivity contribution in [2.24, 2.45) is 5.73 Å². The highest BCUT2D eigenvalue weighted by molar-refractivity contribution is 6.29. The maximum absolute atomic E-state index is 5.67. The van der Waals surface area contributed by atoms with Crippen LogP contribution in [-0.2, 0) is 0 Å². The molecule has 0 aromatic carbocycles. The molecular weight excluding hydrogens is 146 g/mol. The Bertz CT molecular complexity index is 164. The molecule has 0 amide bonds. The molecule has 0 unspecified atom stereocenters. The average molecular weight is 160 g/mol. The quantitative estimate of drug-likeness (QED) is 0.617. The summed E-state index contributed by atoms with van der Waals surface area (Å²) >= 11 is 5.67. The van der Waals surface area contributed by atoms with E-state index in [-0.39, 0.29) is 0 Å². The summed E-state index contributed by atoms with van der Waals surface area (Å²) < 4.78 is 0. The van der Waals surface area contributed by atoms with Crippen LogP contribution in [0.4, 0.5) is 0 Å². The lowest BCUT2D eigenvalue weighted by molar-refractivity contribution is 1.16. The van der Waals surface area contributed by atoms with Gasteiger partial charge in [0.05, 0.1) is 0 Å². The second-order valence-corrected chi connectivity index (χ2v) is 2.81. The van der Waals surface area contributed by atoms with Gasteiger partial charge in [-0.15, -0.1) is 0 Å². The van der Waals surface area contributed by atoms with Crippen LogP contribution in [0, 0.1) is 0 Å². The van der Waals surface area contributed by atoms with Gasteiger partial charge in [-0.05, 0) is 25.8 Å². The molecule has 0 aliphatic carbocycles. The number of allylic oxidation sites excluding steroid dienone is 3. The van der Waals surface area contributed by atoms with Gasteiger partial charge in [0.25, 0.3) is 0 Å². The fourth-order valence-electron chi connectivity index (χ4n) is 0.688. The number of halogens is 1. The van der Waals surface area contributed by atoms with Crippen molar-refractivity contribution in [2.45, 2.75) is 27.2 Å². The number of rotatable bonds is 2. The molecule has 2 N–H and O–H groups in total. The number of hydrogen-bond donors (Lipinski definition) is 1. The van der Waals surface area contributed by atoms with Crippen molar-refractivity contribution in [2.75, 3.05) is 0 Å². The van der Waals surface area contributed by atoms with Crippen molar-refractivity contribution in [1.29, 1.82) is 0 Å². The first-order chi connectivity index (χ1) is 4.59. The molecular formula is C8H14ClN. The van der Waals surface area contributed by atoms with E-state index < -0.39 is 0 Å². The molecule has 0 aliphatic heterocycles. The maximum atomic E-state index is 5.67. The van der Waals surface area contributed by atoms with Crippen LogP contribution < -0.4 is 5.73 Å². The Morgan fingerprint density at radius 1 is 1.50 bits per heavy atom. The van der Waals surface area contributed by atoms with Crippen LogP contribution in [0.2, 0.25) is 0 Å². The fraction of sp³-hybridized carbons (Fsp3) is 0.500. The number of hydrogen-bond acceptors (Lipinski definition) is 1. The van der Waals surface area contributed by atoms with E-state index in [1.165, 1.54) is 0 Å². The van der Waals surface area contributed by atoms with E-state index >= 15 is 0 Å². The summed E-state index contributed by atoms with van der Waals surface area (Å²) in [6.07, 6.45) is 3.05. The van der Waals surface area contributed by atoms with Crippen molar-refractivity contribution >= 4 is 11.6 Å². The van der Waals surface area contributed by atoms with E-state index in [4.69, 9.17) is 17.3 Å². The van der Waals surface area contributed by atoms with Gasteiger partial charge in [0.1, 0.15) is 0 Å². The molecule has 0 bridgehead atoms. The molecule has 0 fully saturated rings. The Kier molecular flexibility index (Phi) is 4.21. The molecule has 2 heteroatoms. The standard InChI is InChI=1S/C8H14ClN/c1-4-5-6(2)8(10)7(3)9/h5H,4,10H2,1-3H3/b6-5-,8-7-. The lowest BCUT2D eigenvalue weighted by Gasteiger charge is -2.00. The van der Waals surface area contributed by atoms with Crippen LogP contribution in [-0.4, -0.2) is 0 Å². The van der Waals surface area contributed by atoms with Gasteiger partial charge in [-0.2, -0.15) is 0 Å². The first-order valence-corrected chi connectivity index (χ1v) is 3.76. The van der Waals surface area contributed by atoms with Crippen molar-refractivity contribution in [3.8, 4) is 0 Å². The summed E-state index contributed by atoms with van der Waals surface area (Å²) in [5.41, 5.74) is 7.39. The predicted octanol–water partition coefficient (Wildman–Crippen LogP) is 2.77. The van der Waals surface area contributed by atoms with Crippen molar-refractivity contribution in [1.82, 2.24) is 0 Å². The molecule has 0 atom stereocenters. The van der Waals surface area contributed by atoms with E-state index in [1.807, 2.05) is 6.92 Å². The molecule has 58 valence electrons. The molecule has 0 rings (SSSR count). The highest BCUT2D eigenvalue weighted by Crippen LogP contribution is 2.11. The molecule has 0 radical (unpaired) electrons. The summed E-state index contributed by atoms with van der Waals surface area (Å²) in [5, 5.41) is 0.669. The minimum absolute atomic E-state index is 0.669. The first-order valence-electron chi connectivity index (χ1n) is 3.38. The molecule has 1 nitrogen and oxygen atoms in total. The summed E-state index contributed by atoms with van der Waals surface area (Å²) in [7, 11) is 0. The average Bonchev–Trinajstić information content (AvgIpc) is 1.87. The Hall–Kier alpha value is -0.430. The van der Waals surface area contributed by atoms with E-state index in [2.05, 4.69) is 13.0 Å². The monoisotopic (exact) mass is 159 g/mol. The topological polar surface area (TPSA) is 26.0 Å². The van der Waals surface area contributed by atoms with Crippen LogP contribution in [0.15, 0.2) is 22.4 Å². The van der Waals surface area contributed by atoms with Gasteiger partial charge < -0.3 is 5.73 Å². The Balaban J connectivity index is 4.36. The molecule has 0 heterocycles. The number of nitrogens with two attached hydrogens (primary N) is 1. The minimum Gasteiger partial charge on any atom is -0.398 e. The predicted molar refractivity (Wildman–Crippen MR) is 46.8 cm³/mol. The van der Waals surface area contributed by atoms with Gasteiger partial charge in [0.15, 0.2) is 0 Å². The molecule has 0 saturated carbocycles. The molecule has 0 aromatic rings. The normalized spacial score (nSPS) is 15.0. The summed E-state index contributed by atoms with van der Waals surface area (Å²) in [6, 6.07) is 0. The van der Waals surface area contributed by atoms with E-state index in [0.29, 0.717) is 10.7 Å². The molecule has 0 spiro atoms. The first kappa shape index (κ1) is 9.57. The van der Waals surface area contributed by atoms with Gasteiger partial charge in [-0.1, -0.05) is 24.6 Å². The third-order valence-corrected chi connectivity index (χ3v) is 1.51. The third-order valence-electron chi connectivity index (χ3n) is 1.31. The van der Waals surface area contributed by atoms with Crippen LogP contribution in [0.5, 0.6) is 0 Å². The van der Waals surface area contributed by atoms with E-state index in [0.717, 1.165) is 12.0 Å². The van der Waals surface area contributed by atoms with Gasteiger partial charge in [-0.3, -0.25) is 0 Å². The molecule has 0 aliphatic rings. The largest absolute Gasteiger partial charge is 0.398 e. The Morgan fingerprint density at radius 3 is 2.30 bits per heavy atom. The minimum atomic E-state index is 0.669. The Morgan fingerprint density at radius 2 is 2.00 bits per heavy atom. The van der Waals surface area contributed by atoms with E-state index in [9.17, 15) is 0 Å². The lowest BCUT2D eigenvalue weighted by atomic mass is 10.2. The molecule has 0 aromatic heterocycles. The SMILES string of the molecule is CC/C=C(C)\C(N)=C(/C)Cl. The van der Waals surface area contributed by atoms with Crippen LogP contribution in [0.1, 0.15) is 27.2 Å². The smallest absolute Gasteiger partial charge is 0.0485 e. The zero-order chi connectivity index (χ0) is 8.15. The highest BCUT2D eigenvalue weighted by Gasteiger charge is 1.95. The summed E-state index contributed by atoms with van der Waals surface area (Å²) in [5.74, 6) is 0. The van der Waals surface area contributed by atoms with Crippen molar-refractivity contribution < 1.29 is 0 Å². The summed E-state index contributed by atoms with van der Waals surface area (Å²) in [6.45, 7) is 5.83. The van der Waals surface area contributed by atoms with Crippen molar-refractivity contribution in [3.05, 3.63) is 22.4 Å².